The summed E-state index contributed by atoms with van der Waals surface area (Å²) in [5, 5.41) is 0. The van der Waals surface area contributed by atoms with Crippen molar-refractivity contribution < 1.29 is 4.21 Å². The zero-order chi connectivity index (χ0) is 8.97. The van der Waals surface area contributed by atoms with Crippen molar-refractivity contribution in [3.05, 3.63) is 28.5 Å². The average molecular weight is 249 g/mol. The van der Waals surface area contributed by atoms with E-state index in [1.165, 1.54) is 0 Å². The third kappa shape index (κ3) is 3.42. The van der Waals surface area contributed by atoms with Crippen LogP contribution in [-0.4, -0.2) is 15.4 Å². The zero-order valence-corrected chi connectivity index (χ0v) is 8.98. The highest BCUT2D eigenvalue weighted by Crippen LogP contribution is 2.08. The predicted octanol–water partition coefficient (Wildman–Crippen LogP) is 1.23. The van der Waals surface area contributed by atoms with Crippen LogP contribution in [0.25, 0.3) is 0 Å². The van der Waals surface area contributed by atoms with Gasteiger partial charge in [0.1, 0.15) is 0 Å². The summed E-state index contributed by atoms with van der Waals surface area (Å²) in [5.74, 6) is 0. The first kappa shape index (κ1) is 9.83. The summed E-state index contributed by atoms with van der Waals surface area (Å²) in [6, 6.07) is 1.94. The molecular weight excluding hydrogens is 240 g/mol. The molecule has 3 nitrogen and oxygen atoms in total. The molecule has 0 bridgehead atoms. The van der Waals surface area contributed by atoms with Gasteiger partial charge in [-0.2, -0.15) is 0 Å². The van der Waals surface area contributed by atoms with Crippen LogP contribution < -0.4 is 4.72 Å². The molecule has 0 aliphatic heterocycles. The second kappa shape index (κ2) is 4.69. The highest BCUT2D eigenvalue weighted by Gasteiger charge is 1.94. The van der Waals surface area contributed by atoms with Crippen molar-refractivity contribution in [2.24, 2.45) is 0 Å². The lowest BCUT2D eigenvalue weighted by atomic mass is 10.3. The topological polar surface area (TPSA) is 42.0 Å². The minimum atomic E-state index is -0.966. The monoisotopic (exact) mass is 248 g/mol. The Morgan fingerprint density at radius 3 is 3.00 bits per heavy atom. The van der Waals surface area contributed by atoms with Crippen LogP contribution in [0.15, 0.2) is 22.9 Å². The summed E-state index contributed by atoms with van der Waals surface area (Å²) in [6.45, 7) is 0.579. The molecule has 1 N–H and O–H groups in total. The Balaban J connectivity index is 2.57. The maximum Gasteiger partial charge on any atom is 0.0886 e. The fraction of sp³-hybridized carbons (Fsp3) is 0.286. The van der Waals surface area contributed by atoms with Gasteiger partial charge < -0.3 is 0 Å². The minimum Gasteiger partial charge on any atom is -0.263 e. The Morgan fingerprint density at radius 1 is 1.67 bits per heavy atom. The van der Waals surface area contributed by atoms with Crippen LogP contribution in [0.4, 0.5) is 0 Å². The zero-order valence-electron chi connectivity index (χ0n) is 6.58. The van der Waals surface area contributed by atoms with Crippen LogP contribution in [0.3, 0.4) is 0 Å². The Morgan fingerprint density at radius 2 is 2.42 bits per heavy atom. The Hall–Kier alpha value is -0.260. The summed E-state index contributed by atoms with van der Waals surface area (Å²) in [5.41, 5.74) is 1.01. The summed E-state index contributed by atoms with van der Waals surface area (Å²) in [4.78, 5) is 3.98. The van der Waals surface area contributed by atoms with E-state index < -0.39 is 11.0 Å². The molecule has 1 unspecified atom stereocenters. The van der Waals surface area contributed by atoms with Crippen LogP contribution in [0.5, 0.6) is 0 Å². The molecule has 0 amide bonds. The van der Waals surface area contributed by atoms with Gasteiger partial charge >= 0.3 is 0 Å². The van der Waals surface area contributed by atoms with Gasteiger partial charge in [0.05, 0.1) is 11.0 Å². The number of rotatable bonds is 3. The number of pyridine rings is 1. The fourth-order valence-electron chi connectivity index (χ4n) is 0.737. The quantitative estimate of drug-likeness (QED) is 0.875. The molecule has 1 rings (SSSR count). The maximum atomic E-state index is 10.7. The average Bonchev–Trinajstić information content (AvgIpc) is 2.01. The van der Waals surface area contributed by atoms with E-state index in [1.54, 1.807) is 18.6 Å². The van der Waals surface area contributed by atoms with Gasteiger partial charge in [0.25, 0.3) is 0 Å². The molecular formula is C7H9BrN2OS. The third-order valence-electron chi connectivity index (χ3n) is 1.24. The van der Waals surface area contributed by atoms with Crippen molar-refractivity contribution in [1.29, 1.82) is 0 Å². The van der Waals surface area contributed by atoms with Crippen LogP contribution >= 0.6 is 15.9 Å². The molecule has 12 heavy (non-hydrogen) atoms. The lowest BCUT2D eigenvalue weighted by Crippen LogP contribution is -2.14. The molecule has 0 spiro atoms. The van der Waals surface area contributed by atoms with Crippen LogP contribution in [-0.2, 0) is 17.5 Å². The van der Waals surface area contributed by atoms with E-state index in [0.717, 1.165) is 10.0 Å². The molecule has 66 valence electrons. The predicted molar refractivity (Wildman–Crippen MR) is 52.8 cm³/mol. The van der Waals surface area contributed by atoms with Crippen molar-refractivity contribution in [2.75, 3.05) is 6.26 Å². The summed E-state index contributed by atoms with van der Waals surface area (Å²) >= 11 is 3.30. The highest BCUT2D eigenvalue weighted by atomic mass is 79.9. The van der Waals surface area contributed by atoms with E-state index in [-0.39, 0.29) is 0 Å². The van der Waals surface area contributed by atoms with Crippen molar-refractivity contribution in [1.82, 2.24) is 9.71 Å². The van der Waals surface area contributed by atoms with Crippen molar-refractivity contribution in [3.8, 4) is 0 Å². The number of nitrogens with one attached hydrogen (secondary N) is 1. The molecule has 1 atom stereocenters. The molecule has 0 aliphatic carbocycles. The Labute approximate surface area is 82.3 Å². The Bertz CT molecular complexity index is 292. The lowest BCUT2D eigenvalue weighted by Gasteiger charge is -2.00. The molecule has 1 heterocycles. The van der Waals surface area contributed by atoms with E-state index in [0.29, 0.717) is 6.54 Å². The van der Waals surface area contributed by atoms with E-state index in [9.17, 15) is 4.21 Å². The summed E-state index contributed by atoms with van der Waals surface area (Å²) in [6.07, 6.45) is 5.06. The SMILES string of the molecule is CS(=O)NCc1cncc(Br)c1. The number of halogens is 1. The second-order valence-corrected chi connectivity index (χ2v) is 4.40. The number of aromatic nitrogens is 1. The van der Waals surface area contributed by atoms with Crippen LogP contribution in [0, 0.1) is 0 Å². The number of hydrogen-bond donors (Lipinski definition) is 1. The van der Waals surface area contributed by atoms with E-state index in [1.807, 2.05) is 6.07 Å². The van der Waals surface area contributed by atoms with Gasteiger partial charge in [0.15, 0.2) is 0 Å². The van der Waals surface area contributed by atoms with Crippen molar-refractivity contribution >= 4 is 26.9 Å². The van der Waals surface area contributed by atoms with E-state index in [2.05, 4.69) is 25.6 Å². The minimum absolute atomic E-state index is 0.579. The first-order valence-corrected chi connectivity index (χ1v) is 5.70. The standard InChI is InChI=1S/C7H9BrN2OS/c1-12(11)10-4-6-2-7(8)5-9-3-6/h2-3,5,10H,4H2,1H3. The van der Waals surface area contributed by atoms with Gasteiger partial charge in [0, 0.05) is 29.7 Å². The summed E-state index contributed by atoms with van der Waals surface area (Å²) < 4.78 is 14.4. The first-order chi connectivity index (χ1) is 5.68. The lowest BCUT2D eigenvalue weighted by molar-refractivity contribution is 0.676. The molecule has 0 aliphatic rings. The van der Waals surface area contributed by atoms with Gasteiger partial charge in [-0.3, -0.25) is 4.98 Å². The summed E-state index contributed by atoms with van der Waals surface area (Å²) in [7, 11) is -0.966. The van der Waals surface area contributed by atoms with Gasteiger partial charge in [-0.15, -0.1) is 0 Å². The fourth-order valence-corrected chi connectivity index (χ4v) is 1.52. The van der Waals surface area contributed by atoms with Crippen LogP contribution in [0.1, 0.15) is 5.56 Å². The molecule has 1 aromatic heterocycles. The molecule has 0 fully saturated rings. The van der Waals surface area contributed by atoms with Gasteiger partial charge in [-0.05, 0) is 27.6 Å². The molecule has 0 radical (unpaired) electrons. The molecule has 0 saturated heterocycles. The first-order valence-electron chi connectivity index (χ1n) is 3.35. The van der Waals surface area contributed by atoms with Gasteiger partial charge in [-0.25, -0.2) is 8.93 Å². The van der Waals surface area contributed by atoms with Gasteiger partial charge in [-0.1, -0.05) is 0 Å². The van der Waals surface area contributed by atoms with Crippen LogP contribution in [0.2, 0.25) is 0 Å². The van der Waals surface area contributed by atoms with Crippen molar-refractivity contribution in [2.45, 2.75) is 6.54 Å². The Kier molecular flexibility index (Phi) is 3.84. The molecule has 5 heteroatoms. The van der Waals surface area contributed by atoms with E-state index >= 15 is 0 Å². The normalized spacial score (nSPS) is 12.8. The van der Waals surface area contributed by atoms with Gasteiger partial charge in [0.2, 0.25) is 0 Å². The molecule has 0 saturated carbocycles. The van der Waals surface area contributed by atoms with Crippen molar-refractivity contribution in [3.63, 3.8) is 0 Å². The largest absolute Gasteiger partial charge is 0.263 e. The highest BCUT2D eigenvalue weighted by molar-refractivity contribution is 9.10. The number of hydrogen-bond acceptors (Lipinski definition) is 2. The van der Waals surface area contributed by atoms with E-state index in [4.69, 9.17) is 0 Å². The molecule has 1 aromatic rings. The maximum absolute atomic E-state index is 10.7. The smallest absolute Gasteiger partial charge is 0.0886 e. The second-order valence-electron chi connectivity index (χ2n) is 2.29. The third-order valence-corrected chi connectivity index (χ3v) is 2.23. The molecule has 0 aromatic carbocycles. The number of nitrogens with zero attached hydrogens (tertiary/aromatic N) is 1.